The van der Waals surface area contributed by atoms with Crippen LogP contribution in [0.3, 0.4) is 0 Å². The molecule has 4 heteroatoms. The van der Waals surface area contributed by atoms with Crippen molar-refractivity contribution in [3.63, 3.8) is 0 Å². The van der Waals surface area contributed by atoms with E-state index in [1.807, 2.05) is 54.6 Å². The summed E-state index contributed by atoms with van der Waals surface area (Å²) < 4.78 is 12.1. The summed E-state index contributed by atoms with van der Waals surface area (Å²) in [5.41, 5.74) is 1.55. The molecule has 3 rings (SSSR count). The van der Waals surface area contributed by atoms with Gasteiger partial charge in [0.05, 0.1) is 19.1 Å². The first-order valence-corrected chi connectivity index (χ1v) is 7.63. The maximum Gasteiger partial charge on any atom is 0.175 e. The molecule has 3 nitrogen and oxygen atoms in total. The molecule has 1 heterocycles. The van der Waals surface area contributed by atoms with Crippen LogP contribution in [0, 0.1) is 0 Å². The van der Waals surface area contributed by atoms with Gasteiger partial charge in [-0.25, -0.2) is 0 Å². The lowest BCUT2D eigenvalue weighted by Crippen LogP contribution is -2.27. The Morgan fingerprint density at radius 3 is 2.29 bits per heavy atom. The van der Waals surface area contributed by atoms with Gasteiger partial charge in [-0.15, -0.1) is 0 Å². The van der Waals surface area contributed by atoms with Crippen LogP contribution in [-0.4, -0.2) is 25.3 Å². The molecule has 2 aromatic carbocycles. The van der Waals surface area contributed by atoms with Crippen LogP contribution in [0.4, 0.5) is 0 Å². The number of hydrogen-bond donors (Lipinski definition) is 0. The number of hydrogen-bond acceptors (Lipinski definition) is 3. The average Bonchev–Trinajstić information content (AvgIpc) is 3.04. The maximum atomic E-state index is 12.9. The molecule has 0 saturated carbocycles. The van der Waals surface area contributed by atoms with Crippen LogP contribution in [0.5, 0.6) is 0 Å². The number of Topliss-reactive ketones (excluding diaryl/α,β-unsaturated/α-hetero) is 1. The van der Waals surface area contributed by atoms with E-state index in [9.17, 15) is 4.79 Å². The Bertz CT molecular complexity index is 621. The van der Waals surface area contributed by atoms with Crippen molar-refractivity contribution in [3.8, 4) is 0 Å². The number of carbonyl (C=O) groups excluding carboxylic acids is 1. The molecule has 1 saturated heterocycles. The number of ketones is 1. The topological polar surface area (TPSA) is 35.5 Å². The molecule has 0 radical (unpaired) electrons. The van der Waals surface area contributed by atoms with Crippen molar-refractivity contribution in [2.75, 3.05) is 13.2 Å². The molecule has 0 spiro atoms. The Morgan fingerprint density at radius 2 is 1.62 bits per heavy atom. The lowest BCUT2D eigenvalue weighted by atomic mass is 9.90. The van der Waals surface area contributed by atoms with Crippen LogP contribution >= 0.6 is 15.9 Å². The van der Waals surface area contributed by atoms with Gasteiger partial charge in [-0.2, -0.15) is 0 Å². The highest BCUT2D eigenvalue weighted by Gasteiger charge is 2.35. The predicted octanol–water partition coefficient (Wildman–Crippen LogP) is 3.79. The average molecular weight is 347 g/mol. The van der Waals surface area contributed by atoms with E-state index in [2.05, 4.69) is 15.9 Å². The zero-order valence-corrected chi connectivity index (χ0v) is 13.0. The fraction of sp³-hybridized carbons (Fsp3) is 0.235. The maximum absolute atomic E-state index is 12.9. The fourth-order valence-corrected chi connectivity index (χ4v) is 3.02. The van der Waals surface area contributed by atoms with Crippen LogP contribution < -0.4 is 0 Å². The number of ether oxygens (including phenoxy) is 2. The van der Waals surface area contributed by atoms with E-state index < -0.39 is 12.2 Å². The van der Waals surface area contributed by atoms with Gasteiger partial charge in [0.1, 0.15) is 0 Å². The van der Waals surface area contributed by atoms with Gasteiger partial charge in [0, 0.05) is 10.0 Å². The molecule has 21 heavy (non-hydrogen) atoms. The Labute approximate surface area is 132 Å². The van der Waals surface area contributed by atoms with Crippen molar-refractivity contribution in [2.24, 2.45) is 0 Å². The second-order valence-corrected chi connectivity index (χ2v) is 5.69. The smallest absolute Gasteiger partial charge is 0.175 e. The second-order valence-electron chi connectivity index (χ2n) is 4.84. The van der Waals surface area contributed by atoms with Crippen LogP contribution in [0.2, 0.25) is 0 Å². The summed E-state index contributed by atoms with van der Waals surface area (Å²) in [7, 11) is 0. The van der Waals surface area contributed by atoms with Gasteiger partial charge in [-0.05, 0) is 11.6 Å². The van der Waals surface area contributed by atoms with Gasteiger partial charge < -0.3 is 9.47 Å². The largest absolute Gasteiger partial charge is 0.349 e. The summed E-state index contributed by atoms with van der Waals surface area (Å²) in [6.07, 6.45) is -0.531. The Kier molecular flexibility index (Phi) is 4.48. The molecule has 1 fully saturated rings. The number of halogens is 1. The van der Waals surface area contributed by atoms with Crippen molar-refractivity contribution in [1.29, 1.82) is 0 Å². The molecule has 0 N–H and O–H groups in total. The summed E-state index contributed by atoms with van der Waals surface area (Å²) in [5, 5.41) is 0. The highest BCUT2D eigenvalue weighted by atomic mass is 79.9. The summed E-state index contributed by atoms with van der Waals surface area (Å²) in [4.78, 5) is 12.9. The predicted molar refractivity (Wildman–Crippen MR) is 83.3 cm³/mol. The fourth-order valence-electron chi connectivity index (χ4n) is 2.49. The van der Waals surface area contributed by atoms with Gasteiger partial charge in [0.2, 0.25) is 0 Å². The summed E-state index contributed by atoms with van der Waals surface area (Å²) in [6.45, 7) is 1.04. The van der Waals surface area contributed by atoms with E-state index in [-0.39, 0.29) is 5.78 Å². The van der Waals surface area contributed by atoms with Crippen molar-refractivity contribution in [3.05, 3.63) is 70.2 Å². The molecular weight excluding hydrogens is 332 g/mol. The van der Waals surface area contributed by atoms with E-state index >= 15 is 0 Å². The standard InChI is InChI=1S/C17H15BrO3/c18-14-9-5-4-8-13(14)15(17-20-10-11-21-17)16(19)12-6-2-1-3-7-12/h1-9,15,17H,10-11H2. The number of rotatable bonds is 4. The first-order valence-electron chi connectivity index (χ1n) is 6.84. The molecule has 1 aliphatic heterocycles. The Morgan fingerprint density at radius 1 is 1.00 bits per heavy atom. The molecule has 108 valence electrons. The first-order chi connectivity index (χ1) is 10.3. The summed E-state index contributed by atoms with van der Waals surface area (Å²) >= 11 is 3.52. The normalized spacial score (nSPS) is 16.8. The summed E-state index contributed by atoms with van der Waals surface area (Å²) in [5.74, 6) is -0.458. The minimum atomic E-state index is -0.531. The van der Waals surface area contributed by atoms with Crippen LogP contribution in [0.15, 0.2) is 59.1 Å². The molecule has 0 aliphatic carbocycles. The Balaban J connectivity index is 2.00. The van der Waals surface area contributed by atoms with Crippen LogP contribution in [-0.2, 0) is 9.47 Å². The summed E-state index contributed by atoms with van der Waals surface area (Å²) in [6, 6.07) is 17.0. The van der Waals surface area contributed by atoms with E-state index in [4.69, 9.17) is 9.47 Å². The van der Waals surface area contributed by atoms with Gasteiger partial charge in [-0.3, -0.25) is 4.79 Å². The molecular formula is C17H15BrO3. The SMILES string of the molecule is O=C(c1ccccc1)C(c1ccccc1Br)C1OCCO1. The zero-order chi connectivity index (χ0) is 14.7. The van der Waals surface area contributed by atoms with Gasteiger partial charge in [0.15, 0.2) is 12.1 Å². The molecule has 1 atom stereocenters. The highest BCUT2D eigenvalue weighted by Crippen LogP contribution is 2.33. The van der Waals surface area contributed by atoms with Gasteiger partial charge in [-0.1, -0.05) is 64.5 Å². The lowest BCUT2D eigenvalue weighted by molar-refractivity contribution is -0.0537. The van der Waals surface area contributed by atoms with Crippen LogP contribution in [0.25, 0.3) is 0 Å². The van der Waals surface area contributed by atoms with E-state index in [0.29, 0.717) is 18.8 Å². The van der Waals surface area contributed by atoms with Crippen molar-refractivity contribution >= 4 is 21.7 Å². The first kappa shape index (κ1) is 14.4. The van der Waals surface area contributed by atoms with Crippen molar-refractivity contribution < 1.29 is 14.3 Å². The molecule has 0 bridgehead atoms. The van der Waals surface area contributed by atoms with E-state index in [1.54, 1.807) is 0 Å². The molecule has 0 aromatic heterocycles. The zero-order valence-electron chi connectivity index (χ0n) is 11.4. The van der Waals surface area contributed by atoms with E-state index in [1.165, 1.54) is 0 Å². The second kappa shape index (κ2) is 6.52. The van der Waals surface area contributed by atoms with Crippen molar-refractivity contribution in [2.45, 2.75) is 12.2 Å². The highest BCUT2D eigenvalue weighted by molar-refractivity contribution is 9.10. The third kappa shape index (κ3) is 3.07. The molecule has 1 unspecified atom stereocenters. The monoisotopic (exact) mass is 346 g/mol. The minimum Gasteiger partial charge on any atom is -0.349 e. The van der Waals surface area contributed by atoms with Crippen molar-refractivity contribution in [1.82, 2.24) is 0 Å². The Hall–Kier alpha value is -1.49. The third-order valence-corrected chi connectivity index (χ3v) is 4.22. The van der Waals surface area contributed by atoms with Gasteiger partial charge in [0.25, 0.3) is 0 Å². The van der Waals surface area contributed by atoms with E-state index in [0.717, 1.165) is 10.0 Å². The third-order valence-electron chi connectivity index (χ3n) is 3.50. The quantitative estimate of drug-likeness (QED) is 0.790. The lowest BCUT2D eigenvalue weighted by Gasteiger charge is -2.22. The number of carbonyl (C=O) groups is 1. The molecule has 1 aliphatic rings. The van der Waals surface area contributed by atoms with Gasteiger partial charge >= 0.3 is 0 Å². The van der Waals surface area contributed by atoms with Crippen LogP contribution in [0.1, 0.15) is 21.8 Å². The molecule has 0 amide bonds. The molecule has 2 aromatic rings. The minimum absolute atomic E-state index is 0.00870. The number of benzene rings is 2.